The highest BCUT2D eigenvalue weighted by Crippen LogP contribution is 2.28. The lowest BCUT2D eigenvalue weighted by Crippen LogP contribution is -2.07. The van der Waals surface area contributed by atoms with Crippen LogP contribution in [-0.2, 0) is 10.6 Å². The van der Waals surface area contributed by atoms with E-state index in [1.54, 1.807) is 6.92 Å². The number of benzene rings is 1. The molecule has 0 aliphatic carbocycles. The van der Waals surface area contributed by atoms with Crippen LogP contribution in [0.3, 0.4) is 0 Å². The molecule has 1 aromatic carbocycles. The van der Waals surface area contributed by atoms with E-state index in [-0.39, 0.29) is 29.5 Å². The summed E-state index contributed by atoms with van der Waals surface area (Å²) >= 11 is 5.59. The van der Waals surface area contributed by atoms with Crippen LogP contribution in [-0.4, -0.2) is 22.8 Å². The van der Waals surface area contributed by atoms with Crippen molar-refractivity contribution >= 4 is 17.6 Å². The number of ether oxygens (including phenoxy) is 1. The van der Waals surface area contributed by atoms with Gasteiger partial charge in [-0.3, -0.25) is 0 Å². The Morgan fingerprint density at radius 1 is 1.47 bits per heavy atom. The first kappa shape index (κ1) is 11.7. The lowest BCUT2D eigenvalue weighted by atomic mass is 10.1. The number of phenols is 2. The first-order chi connectivity index (χ1) is 7.10. The number of rotatable bonds is 3. The van der Waals surface area contributed by atoms with Crippen molar-refractivity contribution in [3.63, 3.8) is 0 Å². The van der Waals surface area contributed by atoms with E-state index in [1.165, 1.54) is 6.07 Å². The molecule has 82 valence electrons. The predicted molar refractivity (Wildman–Crippen MR) is 55.3 cm³/mol. The highest BCUT2D eigenvalue weighted by Gasteiger charge is 2.18. The fourth-order valence-electron chi connectivity index (χ4n) is 1.21. The molecule has 4 nitrogen and oxygen atoms in total. The van der Waals surface area contributed by atoms with Gasteiger partial charge in [-0.25, -0.2) is 4.79 Å². The number of halogens is 1. The van der Waals surface area contributed by atoms with E-state index in [1.807, 2.05) is 0 Å². The van der Waals surface area contributed by atoms with Gasteiger partial charge >= 0.3 is 5.97 Å². The van der Waals surface area contributed by atoms with Gasteiger partial charge in [0, 0.05) is 11.9 Å². The molecule has 2 N–H and O–H groups in total. The van der Waals surface area contributed by atoms with Crippen molar-refractivity contribution < 1.29 is 19.7 Å². The van der Waals surface area contributed by atoms with Crippen molar-refractivity contribution in [1.29, 1.82) is 0 Å². The first-order valence-electron chi connectivity index (χ1n) is 4.38. The van der Waals surface area contributed by atoms with Gasteiger partial charge in [-0.05, 0) is 18.6 Å². The summed E-state index contributed by atoms with van der Waals surface area (Å²) in [6, 6.07) is 2.39. The summed E-state index contributed by atoms with van der Waals surface area (Å²) in [5, 5.41) is 18.7. The molecule has 1 aromatic rings. The van der Waals surface area contributed by atoms with E-state index in [9.17, 15) is 15.0 Å². The van der Waals surface area contributed by atoms with Gasteiger partial charge in [-0.2, -0.15) is 0 Å². The van der Waals surface area contributed by atoms with E-state index in [0.29, 0.717) is 5.56 Å². The van der Waals surface area contributed by atoms with Gasteiger partial charge in [0.25, 0.3) is 0 Å². The fourth-order valence-corrected chi connectivity index (χ4v) is 1.42. The van der Waals surface area contributed by atoms with Crippen LogP contribution >= 0.6 is 11.6 Å². The maximum absolute atomic E-state index is 11.4. The molecule has 0 heterocycles. The van der Waals surface area contributed by atoms with Crippen LogP contribution in [0.1, 0.15) is 22.8 Å². The Morgan fingerprint density at radius 3 is 2.67 bits per heavy atom. The summed E-state index contributed by atoms with van der Waals surface area (Å²) in [6.07, 6.45) is 0. The van der Waals surface area contributed by atoms with Crippen molar-refractivity contribution in [2.45, 2.75) is 12.8 Å². The molecule has 15 heavy (non-hydrogen) atoms. The van der Waals surface area contributed by atoms with Gasteiger partial charge in [0.1, 0.15) is 17.1 Å². The Hall–Kier alpha value is -1.42. The monoisotopic (exact) mass is 230 g/mol. The van der Waals surface area contributed by atoms with Crippen LogP contribution in [0.4, 0.5) is 0 Å². The molecule has 5 heteroatoms. The molecule has 0 unspecified atom stereocenters. The van der Waals surface area contributed by atoms with Crippen LogP contribution in [0.15, 0.2) is 12.1 Å². The summed E-state index contributed by atoms with van der Waals surface area (Å²) in [5.41, 5.74) is 0.345. The fraction of sp³-hybridized carbons (Fsp3) is 0.300. The molecular weight excluding hydrogens is 220 g/mol. The minimum Gasteiger partial charge on any atom is -0.508 e. The van der Waals surface area contributed by atoms with Gasteiger partial charge in [0.15, 0.2) is 0 Å². The minimum atomic E-state index is -0.648. The molecule has 0 atom stereocenters. The van der Waals surface area contributed by atoms with Crippen LogP contribution < -0.4 is 0 Å². The molecule has 0 amide bonds. The maximum Gasteiger partial charge on any atom is 0.342 e. The number of hydrogen-bond donors (Lipinski definition) is 2. The number of carbonyl (C=O) groups excluding carboxylic acids is 1. The lowest BCUT2D eigenvalue weighted by molar-refractivity contribution is 0.0522. The zero-order valence-corrected chi connectivity index (χ0v) is 8.91. The smallest absolute Gasteiger partial charge is 0.342 e. The lowest BCUT2D eigenvalue weighted by Gasteiger charge is -2.09. The highest BCUT2D eigenvalue weighted by atomic mass is 35.5. The third-order valence-corrected chi connectivity index (χ3v) is 2.10. The molecule has 0 aliphatic heterocycles. The minimum absolute atomic E-state index is 0.00431. The second kappa shape index (κ2) is 4.89. The average molecular weight is 231 g/mol. The number of hydrogen-bond acceptors (Lipinski definition) is 4. The summed E-state index contributed by atoms with van der Waals surface area (Å²) in [7, 11) is 0. The Balaban J connectivity index is 3.20. The van der Waals surface area contributed by atoms with Crippen LogP contribution in [0.5, 0.6) is 11.5 Å². The van der Waals surface area contributed by atoms with E-state index in [4.69, 9.17) is 16.3 Å². The molecular formula is C10H11ClO4. The van der Waals surface area contributed by atoms with Gasteiger partial charge in [-0.15, -0.1) is 11.6 Å². The Kier molecular flexibility index (Phi) is 3.80. The number of esters is 1. The van der Waals surface area contributed by atoms with Crippen molar-refractivity contribution in [3.05, 3.63) is 23.3 Å². The molecule has 0 aromatic heterocycles. The summed E-state index contributed by atoms with van der Waals surface area (Å²) < 4.78 is 4.75. The molecule has 0 saturated carbocycles. The SMILES string of the molecule is CCOC(=O)c1c(O)cc(O)cc1CCl. The molecule has 0 radical (unpaired) electrons. The summed E-state index contributed by atoms with van der Waals surface area (Å²) in [4.78, 5) is 11.4. The molecule has 0 aliphatic rings. The van der Waals surface area contributed by atoms with Crippen molar-refractivity contribution in [3.8, 4) is 11.5 Å². The number of alkyl halides is 1. The first-order valence-corrected chi connectivity index (χ1v) is 4.91. The van der Waals surface area contributed by atoms with Crippen molar-refractivity contribution in [2.24, 2.45) is 0 Å². The second-order valence-corrected chi connectivity index (χ2v) is 3.12. The third-order valence-electron chi connectivity index (χ3n) is 1.81. The molecule has 0 spiro atoms. The van der Waals surface area contributed by atoms with Gasteiger partial charge in [-0.1, -0.05) is 0 Å². The molecule has 0 bridgehead atoms. The zero-order valence-electron chi connectivity index (χ0n) is 8.16. The third kappa shape index (κ3) is 2.53. The molecule has 0 fully saturated rings. The Labute approximate surface area is 92.1 Å². The van der Waals surface area contributed by atoms with E-state index < -0.39 is 5.97 Å². The van der Waals surface area contributed by atoms with Gasteiger partial charge < -0.3 is 14.9 Å². The van der Waals surface area contributed by atoms with Gasteiger partial charge in [0.2, 0.25) is 0 Å². The number of aromatic hydroxyl groups is 2. The number of carbonyl (C=O) groups is 1. The van der Waals surface area contributed by atoms with Crippen LogP contribution in [0.25, 0.3) is 0 Å². The standard InChI is InChI=1S/C10H11ClO4/c1-2-15-10(14)9-6(5-11)3-7(12)4-8(9)13/h3-4,12-13H,2,5H2,1H3. The summed E-state index contributed by atoms with van der Waals surface area (Å²) in [6.45, 7) is 1.87. The van der Waals surface area contributed by atoms with Crippen LogP contribution in [0.2, 0.25) is 0 Å². The number of phenolic OH excluding ortho intramolecular Hbond substituents is 2. The average Bonchev–Trinajstić information content (AvgIpc) is 2.16. The van der Waals surface area contributed by atoms with E-state index in [0.717, 1.165) is 6.07 Å². The normalized spacial score (nSPS) is 10.0. The van der Waals surface area contributed by atoms with Gasteiger partial charge in [0.05, 0.1) is 6.61 Å². The highest BCUT2D eigenvalue weighted by molar-refractivity contribution is 6.17. The van der Waals surface area contributed by atoms with Crippen LogP contribution in [0, 0.1) is 0 Å². The topological polar surface area (TPSA) is 66.8 Å². The predicted octanol–water partition coefficient (Wildman–Crippen LogP) is 2.01. The Bertz CT molecular complexity index is 376. The van der Waals surface area contributed by atoms with Crippen molar-refractivity contribution in [2.75, 3.05) is 6.61 Å². The zero-order chi connectivity index (χ0) is 11.4. The second-order valence-electron chi connectivity index (χ2n) is 2.85. The summed E-state index contributed by atoms with van der Waals surface area (Å²) in [5.74, 6) is -1.11. The van der Waals surface area contributed by atoms with E-state index in [2.05, 4.69) is 0 Å². The maximum atomic E-state index is 11.4. The quantitative estimate of drug-likeness (QED) is 0.616. The molecule has 0 saturated heterocycles. The molecule has 1 rings (SSSR count). The van der Waals surface area contributed by atoms with E-state index >= 15 is 0 Å². The van der Waals surface area contributed by atoms with Crippen molar-refractivity contribution in [1.82, 2.24) is 0 Å². The largest absolute Gasteiger partial charge is 0.508 e. The Morgan fingerprint density at radius 2 is 2.13 bits per heavy atom.